The Labute approximate surface area is 125 Å². The molecule has 0 spiro atoms. The van der Waals surface area contributed by atoms with Gasteiger partial charge >= 0.3 is 0 Å². The molecule has 3 nitrogen and oxygen atoms in total. The van der Waals surface area contributed by atoms with E-state index in [4.69, 9.17) is 0 Å². The predicted octanol–water partition coefficient (Wildman–Crippen LogP) is 3.46. The topological polar surface area (TPSA) is 29.9 Å². The molecule has 0 amide bonds. The highest BCUT2D eigenvalue weighted by molar-refractivity contribution is 9.10. The number of nitrogens with zero attached hydrogens (tertiary/aromatic N) is 2. The van der Waals surface area contributed by atoms with Crippen LogP contribution in [0, 0.1) is 5.92 Å². The van der Waals surface area contributed by atoms with Crippen LogP contribution >= 0.6 is 15.9 Å². The first-order valence-electron chi connectivity index (χ1n) is 7.61. The second-order valence-electron chi connectivity index (χ2n) is 5.62. The summed E-state index contributed by atoms with van der Waals surface area (Å²) in [6.45, 7) is 5.54. The molecule has 1 unspecified atom stereocenters. The summed E-state index contributed by atoms with van der Waals surface area (Å²) in [5.74, 6) is 0.921. The molecule has 1 saturated carbocycles. The monoisotopic (exact) mass is 327 g/mol. The molecular weight excluding hydrogens is 302 g/mol. The quantitative estimate of drug-likeness (QED) is 0.792. The average Bonchev–Trinajstić information content (AvgIpc) is 3.19. The second-order valence-corrected chi connectivity index (χ2v) is 6.41. The molecule has 1 aromatic heterocycles. The fraction of sp³-hybridized carbons (Fsp3) is 0.800. The Hall–Kier alpha value is -0.350. The molecule has 2 rings (SSSR count). The predicted molar refractivity (Wildman–Crippen MR) is 83.4 cm³/mol. The van der Waals surface area contributed by atoms with Crippen molar-refractivity contribution < 1.29 is 0 Å². The largest absolute Gasteiger partial charge is 0.314 e. The molecule has 108 valence electrons. The molecular formula is C15H26BrN3. The van der Waals surface area contributed by atoms with E-state index in [2.05, 4.69) is 47.2 Å². The van der Waals surface area contributed by atoms with Gasteiger partial charge in [0.25, 0.3) is 0 Å². The van der Waals surface area contributed by atoms with Crippen molar-refractivity contribution in [3.8, 4) is 0 Å². The maximum atomic E-state index is 4.58. The van der Waals surface area contributed by atoms with Gasteiger partial charge in [0.2, 0.25) is 0 Å². The Balaban J connectivity index is 1.94. The fourth-order valence-corrected chi connectivity index (χ4v) is 3.53. The first kappa shape index (κ1) is 15.0. The van der Waals surface area contributed by atoms with Crippen LogP contribution < -0.4 is 5.32 Å². The first-order valence-corrected chi connectivity index (χ1v) is 8.40. The van der Waals surface area contributed by atoms with Crippen LogP contribution in [0.25, 0.3) is 0 Å². The number of nitrogens with one attached hydrogen (secondary N) is 1. The average molecular weight is 328 g/mol. The van der Waals surface area contributed by atoms with Gasteiger partial charge in [0.1, 0.15) is 0 Å². The van der Waals surface area contributed by atoms with Crippen LogP contribution in [0.2, 0.25) is 0 Å². The maximum absolute atomic E-state index is 4.58. The van der Waals surface area contributed by atoms with Crippen molar-refractivity contribution in [2.24, 2.45) is 13.0 Å². The Morgan fingerprint density at radius 1 is 1.42 bits per heavy atom. The highest BCUT2D eigenvalue weighted by Crippen LogP contribution is 2.35. The van der Waals surface area contributed by atoms with E-state index >= 15 is 0 Å². The fourth-order valence-electron chi connectivity index (χ4n) is 2.72. The van der Waals surface area contributed by atoms with Crippen LogP contribution in [-0.2, 0) is 19.9 Å². The van der Waals surface area contributed by atoms with Crippen molar-refractivity contribution in [2.75, 3.05) is 6.54 Å². The standard InChI is InChI=1S/C15H26BrN3/c1-4-10-17-13(11-6-7-11)8-9-14-15(16)12(5-2)18-19(14)3/h11,13,17H,4-10H2,1-3H3. The molecule has 1 N–H and O–H groups in total. The van der Waals surface area contributed by atoms with Crippen LogP contribution in [0.3, 0.4) is 0 Å². The lowest BCUT2D eigenvalue weighted by Gasteiger charge is -2.18. The zero-order valence-corrected chi connectivity index (χ0v) is 14.0. The van der Waals surface area contributed by atoms with Crippen LogP contribution in [0.15, 0.2) is 4.47 Å². The second kappa shape index (κ2) is 6.89. The molecule has 4 heteroatoms. The number of halogens is 1. The smallest absolute Gasteiger partial charge is 0.0766 e. The summed E-state index contributed by atoms with van der Waals surface area (Å²) in [6.07, 6.45) is 7.38. The summed E-state index contributed by atoms with van der Waals surface area (Å²) in [7, 11) is 2.06. The molecule has 1 aromatic rings. The van der Waals surface area contributed by atoms with Crippen molar-refractivity contribution in [1.29, 1.82) is 0 Å². The Bertz CT molecular complexity index is 410. The van der Waals surface area contributed by atoms with Gasteiger partial charge in [-0.1, -0.05) is 13.8 Å². The first-order chi connectivity index (χ1) is 9.17. The summed E-state index contributed by atoms with van der Waals surface area (Å²) in [5, 5.41) is 8.29. The number of hydrogen-bond donors (Lipinski definition) is 1. The lowest BCUT2D eigenvalue weighted by Crippen LogP contribution is -2.32. The van der Waals surface area contributed by atoms with Gasteiger partial charge in [-0.05, 0) is 66.9 Å². The lowest BCUT2D eigenvalue weighted by atomic mass is 10.0. The van der Waals surface area contributed by atoms with Crippen molar-refractivity contribution in [1.82, 2.24) is 15.1 Å². The molecule has 1 aliphatic rings. The molecule has 0 radical (unpaired) electrons. The van der Waals surface area contributed by atoms with Crippen LogP contribution in [0.1, 0.15) is 50.9 Å². The van der Waals surface area contributed by atoms with Gasteiger partial charge in [0.05, 0.1) is 15.9 Å². The molecule has 1 aliphatic carbocycles. The highest BCUT2D eigenvalue weighted by atomic mass is 79.9. The van der Waals surface area contributed by atoms with Gasteiger partial charge < -0.3 is 5.32 Å². The van der Waals surface area contributed by atoms with Crippen LogP contribution in [0.4, 0.5) is 0 Å². The molecule has 0 aromatic carbocycles. The summed E-state index contributed by atoms with van der Waals surface area (Å²) in [6, 6.07) is 0.701. The normalized spacial score (nSPS) is 16.8. The molecule has 1 heterocycles. The summed E-state index contributed by atoms with van der Waals surface area (Å²) < 4.78 is 3.27. The lowest BCUT2D eigenvalue weighted by molar-refractivity contribution is 0.431. The van der Waals surface area contributed by atoms with E-state index in [1.807, 2.05) is 4.68 Å². The van der Waals surface area contributed by atoms with Crippen molar-refractivity contribution in [3.05, 3.63) is 15.9 Å². The van der Waals surface area contributed by atoms with E-state index in [1.54, 1.807) is 0 Å². The van der Waals surface area contributed by atoms with E-state index in [-0.39, 0.29) is 0 Å². The zero-order valence-electron chi connectivity index (χ0n) is 12.4. The van der Waals surface area contributed by atoms with Gasteiger partial charge in [-0.3, -0.25) is 4.68 Å². The molecule has 1 atom stereocenters. The third-order valence-corrected chi connectivity index (χ3v) is 4.96. The van der Waals surface area contributed by atoms with Crippen LogP contribution in [0.5, 0.6) is 0 Å². The van der Waals surface area contributed by atoms with E-state index in [1.165, 1.54) is 41.5 Å². The van der Waals surface area contributed by atoms with Gasteiger partial charge in [0, 0.05) is 13.1 Å². The number of aryl methyl sites for hydroxylation is 2. The van der Waals surface area contributed by atoms with Crippen molar-refractivity contribution in [3.63, 3.8) is 0 Å². The molecule has 19 heavy (non-hydrogen) atoms. The van der Waals surface area contributed by atoms with Gasteiger partial charge in [-0.2, -0.15) is 5.10 Å². The molecule has 0 aliphatic heterocycles. The summed E-state index contributed by atoms with van der Waals surface area (Å²) in [5.41, 5.74) is 2.53. The minimum Gasteiger partial charge on any atom is -0.314 e. The van der Waals surface area contributed by atoms with Gasteiger partial charge in [-0.15, -0.1) is 0 Å². The van der Waals surface area contributed by atoms with Crippen LogP contribution in [-0.4, -0.2) is 22.4 Å². The number of aromatic nitrogens is 2. The SMILES string of the molecule is CCCNC(CCc1c(Br)c(CC)nn1C)C1CC1. The Morgan fingerprint density at radius 3 is 2.68 bits per heavy atom. The molecule has 1 fully saturated rings. The molecule has 0 saturated heterocycles. The Kier molecular flexibility index (Phi) is 5.46. The minimum atomic E-state index is 0.701. The van der Waals surface area contributed by atoms with E-state index in [9.17, 15) is 0 Å². The Morgan fingerprint density at radius 2 is 2.16 bits per heavy atom. The number of hydrogen-bond acceptors (Lipinski definition) is 2. The van der Waals surface area contributed by atoms with E-state index in [0.717, 1.165) is 25.3 Å². The van der Waals surface area contributed by atoms with Crippen molar-refractivity contribution >= 4 is 15.9 Å². The zero-order chi connectivity index (χ0) is 13.8. The highest BCUT2D eigenvalue weighted by Gasteiger charge is 2.30. The third kappa shape index (κ3) is 3.82. The summed E-state index contributed by atoms with van der Waals surface area (Å²) >= 11 is 3.71. The van der Waals surface area contributed by atoms with Gasteiger partial charge in [0.15, 0.2) is 0 Å². The van der Waals surface area contributed by atoms with E-state index in [0.29, 0.717) is 6.04 Å². The minimum absolute atomic E-state index is 0.701. The summed E-state index contributed by atoms with van der Waals surface area (Å²) in [4.78, 5) is 0. The maximum Gasteiger partial charge on any atom is 0.0766 e. The molecule has 0 bridgehead atoms. The number of rotatable bonds is 8. The van der Waals surface area contributed by atoms with Crippen molar-refractivity contribution in [2.45, 2.75) is 58.4 Å². The van der Waals surface area contributed by atoms with E-state index < -0.39 is 0 Å². The third-order valence-electron chi connectivity index (χ3n) is 4.04. The van der Waals surface area contributed by atoms with Gasteiger partial charge in [-0.25, -0.2) is 0 Å².